The fourth-order valence-corrected chi connectivity index (χ4v) is 3.86. The van der Waals surface area contributed by atoms with E-state index in [1.165, 1.54) is 0 Å². The number of amides is 4. The van der Waals surface area contributed by atoms with E-state index in [0.29, 0.717) is 19.4 Å². The molecule has 1 aromatic carbocycles. The van der Waals surface area contributed by atoms with Crippen LogP contribution in [0.5, 0.6) is 0 Å². The highest BCUT2D eigenvalue weighted by molar-refractivity contribution is 6.10. The Hall–Kier alpha value is -2.37. The van der Waals surface area contributed by atoms with Crippen LogP contribution in [0.3, 0.4) is 0 Å². The molecule has 6 nitrogen and oxygen atoms in total. The number of para-hydroxylation sites is 1. The molecular weight excluding hydrogens is 330 g/mol. The van der Waals surface area contributed by atoms with Gasteiger partial charge >= 0.3 is 6.03 Å². The minimum Gasteiger partial charge on any atom is -0.323 e. The van der Waals surface area contributed by atoms with Gasteiger partial charge in [-0.1, -0.05) is 50.8 Å². The summed E-state index contributed by atoms with van der Waals surface area (Å²) in [4.78, 5) is 41.0. The molecule has 0 unspecified atom stereocenters. The molecule has 1 aliphatic carbocycles. The Morgan fingerprint density at radius 2 is 1.85 bits per heavy atom. The first-order chi connectivity index (χ1) is 12.6. The summed E-state index contributed by atoms with van der Waals surface area (Å²) in [6.07, 6.45) is 6.11. The van der Waals surface area contributed by atoms with Gasteiger partial charge in [-0.15, -0.1) is 0 Å². The van der Waals surface area contributed by atoms with Gasteiger partial charge in [0.25, 0.3) is 5.91 Å². The molecule has 2 aliphatic rings. The molecule has 0 bridgehead atoms. The Bertz CT molecular complexity index is 668. The number of anilines is 1. The van der Waals surface area contributed by atoms with Crippen molar-refractivity contribution in [3.8, 4) is 0 Å². The van der Waals surface area contributed by atoms with Crippen molar-refractivity contribution in [1.82, 2.24) is 10.2 Å². The highest BCUT2D eigenvalue weighted by atomic mass is 16.2. The van der Waals surface area contributed by atoms with Crippen LogP contribution < -0.4 is 10.2 Å². The van der Waals surface area contributed by atoms with E-state index in [1.807, 2.05) is 30.3 Å². The smallest absolute Gasteiger partial charge is 0.323 e. The number of urea groups is 1. The predicted octanol–water partition coefficient (Wildman–Crippen LogP) is 3.07. The number of nitrogens with zero attached hydrogens (tertiary/aromatic N) is 2. The third-order valence-electron chi connectivity index (χ3n) is 5.35. The first-order valence-corrected chi connectivity index (χ1v) is 9.57. The molecule has 1 saturated heterocycles. The van der Waals surface area contributed by atoms with E-state index >= 15 is 0 Å². The van der Waals surface area contributed by atoms with Gasteiger partial charge in [0.05, 0.1) is 0 Å². The lowest BCUT2D eigenvalue weighted by atomic mass is 9.82. The maximum atomic E-state index is 12.9. The van der Waals surface area contributed by atoms with Crippen molar-refractivity contribution in [3.63, 3.8) is 0 Å². The molecule has 0 atom stereocenters. The maximum Gasteiger partial charge on any atom is 0.325 e. The SMILES string of the molecule is CCCCN(C(=O)CN1C(=O)NC2(CCCCC2)C1=O)c1ccccc1. The van der Waals surface area contributed by atoms with E-state index in [4.69, 9.17) is 0 Å². The molecule has 0 radical (unpaired) electrons. The summed E-state index contributed by atoms with van der Waals surface area (Å²) in [5.74, 6) is -0.458. The zero-order chi connectivity index (χ0) is 18.6. The zero-order valence-electron chi connectivity index (χ0n) is 15.4. The topological polar surface area (TPSA) is 69.7 Å². The van der Waals surface area contributed by atoms with Crippen LogP contribution in [0.4, 0.5) is 10.5 Å². The van der Waals surface area contributed by atoms with Crippen molar-refractivity contribution in [2.45, 2.75) is 57.4 Å². The number of hydrogen-bond donors (Lipinski definition) is 1. The third kappa shape index (κ3) is 3.59. The van der Waals surface area contributed by atoms with Gasteiger partial charge in [-0.05, 0) is 31.4 Å². The second kappa shape index (κ2) is 7.89. The molecule has 1 aromatic rings. The molecule has 1 saturated carbocycles. The first-order valence-electron chi connectivity index (χ1n) is 9.57. The van der Waals surface area contributed by atoms with E-state index < -0.39 is 11.6 Å². The van der Waals surface area contributed by atoms with Crippen LogP contribution in [-0.2, 0) is 9.59 Å². The van der Waals surface area contributed by atoms with Crippen molar-refractivity contribution >= 4 is 23.5 Å². The van der Waals surface area contributed by atoms with Crippen LogP contribution in [0.15, 0.2) is 30.3 Å². The van der Waals surface area contributed by atoms with E-state index in [-0.39, 0.29) is 18.4 Å². The Morgan fingerprint density at radius 1 is 1.15 bits per heavy atom. The van der Waals surface area contributed by atoms with Crippen molar-refractivity contribution in [3.05, 3.63) is 30.3 Å². The largest absolute Gasteiger partial charge is 0.325 e. The van der Waals surface area contributed by atoms with Crippen molar-refractivity contribution in [2.75, 3.05) is 18.0 Å². The molecule has 1 aliphatic heterocycles. The summed E-state index contributed by atoms with van der Waals surface area (Å²) in [7, 11) is 0. The van der Waals surface area contributed by atoms with E-state index in [2.05, 4.69) is 12.2 Å². The molecule has 0 aromatic heterocycles. The number of unbranched alkanes of at least 4 members (excludes halogenated alkanes) is 1. The van der Waals surface area contributed by atoms with Crippen molar-refractivity contribution < 1.29 is 14.4 Å². The number of imide groups is 1. The summed E-state index contributed by atoms with van der Waals surface area (Å²) in [5, 5.41) is 2.86. The number of carbonyl (C=O) groups excluding carboxylic acids is 3. The molecule has 140 valence electrons. The average Bonchev–Trinajstić information content (AvgIpc) is 2.87. The van der Waals surface area contributed by atoms with Gasteiger partial charge in [0.15, 0.2) is 0 Å². The summed E-state index contributed by atoms with van der Waals surface area (Å²) in [5.41, 5.74) is 0.0155. The van der Waals surface area contributed by atoms with Gasteiger partial charge in [0, 0.05) is 12.2 Å². The lowest BCUT2D eigenvalue weighted by Crippen LogP contribution is -2.49. The Kier molecular flexibility index (Phi) is 5.59. The zero-order valence-corrected chi connectivity index (χ0v) is 15.4. The summed E-state index contributed by atoms with van der Waals surface area (Å²) < 4.78 is 0. The monoisotopic (exact) mass is 357 g/mol. The molecular formula is C20H27N3O3. The molecule has 1 N–H and O–H groups in total. The van der Waals surface area contributed by atoms with Crippen LogP contribution in [0.1, 0.15) is 51.9 Å². The highest BCUT2D eigenvalue weighted by Gasteiger charge is 2.51. The van der Waals surface area contributed by atoms with E-state index in [9.17, 15) is 14.4 Å². The minimum atomic E-state index is -0.781. The quantitative estimate of drug-likeness (QED) is 0.796. The maximum absolute atomic E-state index is 12.9. The first kappa shape index (κ1) is 18.4. The van der Waals surface area contributed by atoms with E-state index in [1.54, 1.807) is 4.90 Å². The number of hydrogen-bond acceptors (Lipinski definition) is 3. The number of nitrogens with one attached hydrogen (secondary N) is 1. The molecule has 1 spiro atoms. The second-order valence-corrected chi connectivity index (χ2v) is 7.20. The van der Waals surface area contributed by atoms with Gasteiger partial charge in [-0.3, -0.25) is 14.5 Å². The lowest BCUT2D eigenvalue weighted by Gasteiger charge is -2.30. The summed E-state index contributed by atoms with van der Waals surface area (Å²) in [6.45, 7) is 2.44. The van der Waals surface area contributed by atoms with Crippen LogP contribution in [-0.4, -0.2) is 41.4 Å². The fraction of sp³-hybridized carbons (Fsp3) is 0.550. The van der Waals surface area contributed by atoms with Crippen LogP contribution in [0.2, 0.25) is 0 Å². The fourth-order valence-electron chi connectivity index (χ4n) is 3.86. The molecule has 26 heavy (non-hydrogen) atoms. The van der Waals surface area contributed by atoms with Crippen molar-refractivity contribution in [2.24, 2.45) is 0 Å². The Balaban J connectivity index is 1.74. The summed E-state index contributed by atoms with van der Waals surface area (Å²) >= 11 is 0. The van der Waals surface area contributed by atoms with Crippen LogP contribution in [0, 0.1) is 0 Å². The van der Waals surface area contributed by atoms with Crippen molar-refractivity contribution in [1.29, 1.82) is 0 Å². The third-order valence-corrected chi connectivity index (χ3v) is 5.35. The van der Waals surface area contributed by atoms with Gasteiger partial charge in [-0.2, -0.15) is 0 Å². The molecule has 2 fully saturated rings. The predicted molar refractivity (Wildman–Crippen MR) is 99.8 cm³/mol. The van der Waals surface area contributed by atoms with Gasteiger partial charge in [-0.25, -0.2) is 4.79 Å². The van der Waals surface area contributed by atoms with Gasteiger partial charge in [0.1, 0.15) is 12.1 Å². The number of rotatable bonds is 6. The summed E-state index contributed by atoms with van der Waals surface area (Å²) in [6, 6.07) is 8.98. The second-order valence-electron chi connectivity index (χ2n) is 7.20. The molecule has 1 heterocycles. The molecule has 6 heteroatoms. The highest BCUT2D eigenvalue weighted by Crippen LogP contribution is 2.33. The Labute approximate surface area is 154 Å². The van der Waals surface area contributed by atoms with Crippen LogP contribution >= 0.6 is 0 Å². The minimum absolute atomic E-state index is 0.203. The van der Waals surface area contributed by atoms with E-state index in [0.717, 1.165) is 42.7 Å². The molecule has 4 amide bonds. The standard InChI is InChI=1S/C20H27N3O3/c1-2-3-14-22(16-10-6-4-7-11-16)17(24)15-23-18(25)20(21-19(23)26)12-8-5-9-13-20/h4,6-7,10-11H,2-3,5,8-9,12-15H2,1H3,(H,21,26). The Morgan fingerprint density at radius 3 is 2.50 bits per heavy atom. The number of benzene rings is 1. The normalized spacial score (nSPS) is 18.9. The van der Waals surface area contributed by atoms with Gasteiger partial charge < -0.3 is 10.2 Å². The number of carbonyl (C=O) groups is 3. The van der Waals surface area contributed by atoms with Crippen LogP contribution in [0.25, 0.3) is 0 Å². The average molecular weight is 357 g/mol. The molecule has 3 rings (SSSR count). The van der Waals surface area contributed by atoms with Gasteiger partial charge in [0.2, 0.25) is 5.91 Å². The lowest BCUT2D eigenvalue weighted by molar-refractivity contribution is -0.135.